The van der Waals surface area contributed by atoms with Crippen molar-refractivity contribution in [2.75, 3.05) is 11.4 Å². The Morgan fingerprint density at radius 3 is 2.25 bits per heavy atom. The fraction of sp³-hybridized carbons (Fsp3) is 0.154. The van der Waals surface area contributed by atoms with E-state index < -0.39 is 21.6 Å². The Kier molecular flexibility index (Phi) is 7.05. The van der Waals surface area contributed by atoms with Gasteiger partial charge in [0.2, 0.25) is 0 Å². The van der Waals surface area contributed by atoms with Crippen LogP contribution in [0.1, 0.15) is 21.6 Å². The summed E-state index contributed by atoms with van der Waals surface area (Å²) in [5.74, 6) is -0.758. The number of carbonyl (C=O) groups is 1. The van der Waals surface area contributed by atoms with Crippen molar-refractivity contribution in [2.45, 2.75) is 18.4 Å². The van der Waals surface area contributed by atoms with Crippen LogP contribution in [0.15, 0.2) is 88.6 Å². The fourth-order valence-corrected chi connectivity index (χ4v) is 5.29. The van der Waals surface area contributed by atoms with Gasteiger partial charge in [-0.25, -0.2) is 17.9 Å². The Morgan fingerprint density at radius 1 is 1.00 bits per heavy atom. The summed E-state index contributed by atoms with van der Waals surface area (Å²) in [6.45, 7) is 1.67. The van der Waals surface area contributed by atoms with Gasteiger partial charge in [0.15, 0.2) is 0 Å². The first-order valence-electron chi connectivity index (χ1n) is 11.0. The monoisotopic (exact) mass is 525 g/mol. The topological polar surface area (TPSA) is 90.6 Å². The van der Waals surface area contributed by atoms with Crippen LogP contribution >= 0.6 is 11.6 Å². The number of esters is 1. The highest BCUT2D eigenvalue weighted by molar-refractivity contribution is 7.92. The number of halogens is 1. The van der Waals surface area contributed by atoms with Crippen molar-refractivity contribution in [3.05, 3.63) is 111 Å². The van der Waals surface area contributed by atoms with Crippen molar-refractivity contribution in [2.24, 2.45) is 7.05 Å². The Bertz CT molecular complexity index is 1580. The summed E-state index contributed by atoms with van der Waals surface area (Å²) in [5, 5.41) is 0.0528. The van der Waals surface area contributed by atoms with E-state index in [4.69, 9.17) is 16.3 Å². The predicted molar refractivity (Wildman–Crippen MR) is 138 cm³/mol. The quantitative estimate of drug-likeness (QED) is 0.335. The molecule has 0 saturated carbocycles. The van der Waals surface area contributed by atoms with E-state index in [-0.39, 0.29) is 27.8 Å². The Balaban J connectivity index is 1.68. The lowest BCUT2D eigenvalue weighted by Gasteiger charge is -2.19. The standard InChI is InChI=1S/C26H24ClN3O5S/c1-18-24(25(31)30(28(18)2)20-12-8-5-9-13-20)29(3)36(33,34)21-14-15-23(27)22(16-21)26(32)35-17-19-10-6-4-7-11-19/h4-16H,17H2,1-3H3. The second-order valence-corrected chi connectivity index (χ2v) is 10.5. The number of hydrogen-bond donors (Lipinski definition) is 0. The average Bonchev–Trinajstić information content (AvgIpc) is 3.10. The number of ether oxygens (including phenoxy) is 1. The fourth-order valence-electron chi connectivity index (χ4n) is 3.82. The molecule has 0 aliphatic carbocycles. The van der Waals surface area contributed by atoms with Crippen molar-refractivity contribution >= 4 is 33.3 Å². The van der Waals surface area contributed by atoms with Crippen molar-refractivity contribution < 1.29 is 17.9 Å². The number of nitrogens with zero attached hydrogens (tertiary/aromatic N) is 3. The van der Waals surface area contributed by atoms with Gasteiger partial charge in [-0.1, -0.05) is 60.1 Å². The molecule has 3 aromatic carbocycles. The molecule has 1 heterocycles. The molecule has 0 saturated heterocycles. The molecule has 10 heteroatoms. The number of benzene rings is 3. The molecule has 0 amide bonds. The maximum atomic E-state index is 13.5. The summed E-state index contributed by atoms with van der Waals surface area (Å²) in [5.41, 5.74) is 1.23. The van der Waals surface area contributed by atoms with E-state index >= 15 is 0 Å². The van der Waals surface area contributed by atoms with Crippen LogP contribution in [0.2, 0.25) is 5.02 Å². The Labute approximate surface area is 214 Å². The first-order chi connectivity index (χ1) is 17.1. The van der Waals surface area contributed by atoms with E-state index in [9.17, 15) is 18.0 Å². The highest BCUT2D eigenvalue weighted by Crippen LogP contribution is 2.27. The first-order valence-corrected chi connectivity index (χ1v) is 12.8. The van der Waals surface area contributed by atoms with E-state index in [0.29, 0.717) is 11.4 Å². The third-order valence-electron chi connectivity index (χ3n) is 5.87. The zero-order valence-electron chi connectivity index (χ0n) is 19.9. The molecule has 186 valence electrons. The molecule has 0 N–H and O–H groups in total. The van der Waals surface area contributed by atoms with Crippen LogP contribution in [0.4, 0.5) is 5.69 Å². The maximum Gasteiger partial charge on any atom is 0.340 e. The van der Waals surface area contributed by atoms with Crippen LogP contribution in [-0.2, 0) is 28.4 Å². The number of hydrogen-bond acceptors (Lipinski definition) is 5. The van der Waals surface area contributed by atoms with Crippen molar-refractivity contribution in [3.8, 4) is 5.69 Å². The van der Waals surface area contributed by atoms with Gasteiger partial charge in [0.05, 0.1) is 26.9 Å². The summed E-state index contributed by atoms with van der Waals surface area (Å²) in [4.78, 5) is 25.8. The molecular formula is C26H24ClN3O5S. The molecule has 0 aliphatic heterocycles. The average molecular weight is 526 g/mol. The number of anilines is 1. The summed E-state index contributed by atoms with van der Waals surface area (Å²) in [7, 11) is -1.24. The van der Waals surface area contributed by atoms with Gasteiger partial charge < -0.3 is 4.74 Å². The molecule has 0 aliphatic rings. The van der Waals surface area contributed by atoms with Gasteiger partial charge in [-0.3, -0.25) is 13.8 Å². The highest BCUT2D eigenvalue weighted by atomic mass is 35.5. The summed E-state index contributed by atoms with van der Waals surface area (Å²) in [6, 6.07) is 21.8. The molecule has 8 nitrogen and oxygen atoms in total. The van der Waals surface area contributed by atoms with E-state index in [1.165, 1.54) is 23.9 Å². The normalized spacial score (nSPS) is 11.3. The SMILES string of the molecule is Cc1c(N(C)S(=O)(=O)c2ccc(Cl)c(C(=O)OCc3ccccc3)c2)c(=O)n(-c2ccccc2)n1C. The molecule has 0 spiro atoms. The van der Waals surface area contributed by atoms with Crippen LogP contribution in [0, 0.1) is 6.92 Å². The minimum Gasteiger partial charge on any atom is -0.457 e. The van der Waals surface area contributed by atoms with E-state index in [2.05, 4.69) is 0 Å². The van der Waals surface area contributed by atoms with Crippen LogP contribution in [-0.4, -0.2) is 30.8 Å². The molecule has 0 radical (unpaired) electrons. The molecular weight excluding hydrogens is 502 g/mol. The molecule has 1 aromatic heterocycles. The van der Waals surface area contributed by atoms with Gasteiger partial charge in [0.25, 0.3) is 15.6 Å². The smallest absolute Gasteiger partial charge is 0.340 e. The zero-order chi connectivity index (χ0) is 26.0. The lowest BCUT2D eigenvalue weighted by Crippen LogP contribution is -2.32. The number of aromatic nitrogens is 2. The van der Waals surface area contributed by atoms with Gasteiger partial charge >= 0.3 is 5.97 Å². The van der Waals surface area contributed by atoms with E-state index in [1.54, 1.807) is 55.1 Å². The summed E-state index contributed by atoms with van der Waals surface area (Å²) < 4.78 is 36.3. The van der Waals surface area contributed by atoms with Crippen LogP contribution < -0.4 is 9.86 Å². The van der Waals surface area contributed by atoms with Crippen molar-refractivity contribution in [3.63, 3.8) is 0 Å². The van der Waals surface area contributed by atoms with Gasteiger partial charge in [-0.05, 0) is 42.8 Å². The molecule has 0 fully saturated rings. The molecule has 4 rings (SSSR count). The van der Waals surface area contributed by atoms with E-state index in [0.717, 1.165) is 15.9 Å². The second-order valence-electron chi connectivity index (χ2n) is 8.09. The predicted octanol–water partition coefficient (Wildman–Crippen LogP) is 4.32. The van der Waals surface area contributed by atoms with Gasteiger partial charge in [0, 0.05) is 14.1 Å². The molecule has 36 heavy (non-hydrogen) atoms. The molecule has 0 unspecified atom stereocenters. The second kappa shape index (κ2) is 10.0. The number of sulfonamides is 1. The lowest BCUT2D eigenvalue weighted by atomic mass is 10.2. The minimum absolute atomic E-state index is 0.00905. The first kappa shape index (κ1) is 25.3. The molecule has 0 bridgehead atoms. The van der Waals surface area contributed by atoms with Gasteiger partial charge in [-0.15, -0.1) is 0 Å². The van der Waals surface area contributed by atoms with Crippen LogP contribution in [0.25, 0.3) is 5.69 Å². The highest BCUT2D eigenvalue weighted by Gasteiger charge is 2.30. The number of para-hydroxylation sites is 1. The minimum atomic E-state index is -4.22. The molecule has 0 atom stereocenters. The molecule has 4 aromatic rings. The number of rotatable bonds is 7. The maximum absolute atomic E-state index is 13.5. The third kappa shape index (κ3) is 4.67. The van der Waals surface area contributed by atoms with Gasteiger partial charge in [0.1, 0.15) is 12.3 Å². The largest absolute Gasteiger partial charge is 0.457 e. The van der Waals surface area contributed by atoms with Crippen LogP contribution in [0.5, 0.6) is 0 Å². The van der Waals surface area contributed by atoms with Crippen molar-refractivity contribution in [1.82, 2.24) is 9.36 Å². The summed E-state index contributed by atoms with van der Waals surface area (Å²) in [6.07, 6.45) is 0. The van der Waals surface area contributed by atoms with Gasteiger partial charge in [-0.2, -0.15) is 0 Å². The lowest BCUT2D eigenvalue weighted by molar-refractivity contribution is 0.0472. The number of carbonyl (C=O) groups excluding carboxylic acids is 1. The van der Waals surface area contributed by atoms with E-state index in [1.807, 2.05) is 24.3 Å². The third-order valence-corrected chi connectivity index (χ3v) is 7.95. The zero-order valence-corrected chi connectivity index (χ0v) is 21.5. The Hall–Kier alpha value is -3.82. The summed E-state index contributed by atoms with van der Waals surface area (Å²) >= 11 is 6.20. The van der Waals surface area contributed by atoms with Crippen molar-refractivity contribution in [1.29, 1.82) is 0 Å². The van der Waals surface area contributed by atoms with Crippen LogP contribution in [0.3, 0.4) is 0 Å². The Morgan fingerprint density at radius 2 is 1.61 bits per heavy atom.